The predicted molar refractivity (Wildman–Crippen MR) is 80.9 cm³/mol. The molecule has 21 heavy (non-hydrogen) atoms. The molecule has 4 nitrogen and oxygen atoms in total. The molecule has 0 atom stereocenters. The molecule has 3 aromatic heterocycles. The number of furan rings is 2. The molecule has 0 aliphatic rings. The molecule has 0 spiro atoms. The maximum Gasteiger partial charge on any atom is 0.117 e. The Balaban J connectivity index is 1.63. The van der Waals surface area contributed by atoms with E-state index in [4.69, 9.17) is 8.83 Å². The third-order valence-corrected chi connectivity index (χ3v) is 3.60. The maximum atomic E-state index is 5.43. The number of aromatic nitrogens is 1. The molecule has 3 aromatic rings. The van der Waals surface area contributed by atoms with Crippen LogP contribution in [0.2, 0.25) is 0 Å². The van der Waals surface area contributed by atoms with Crippen LogP contribution in [0.25, 0.3) is 0 Å². The van der Waals surface area contributed by atoms with Crippen LogP contribution in [0.15, 0.2) is 57.8 Å². The topological polar surface area (TPSA) is 43.2 Å². The molecule has 3 rings (SSSR count). The first-order chi connectivity index (χ1) is 10.4. The second kappa shape index (κ2) is 6.50. The van der Waals surface area contributed by atoms with Crippen molar-refractivity contribution in [1.29, 1.82) is 0 Å². The van der Waals surface area contributed by atoms with Crippen LogP contribution in [0, 0.1) is 0 Å². The molecule has 1 N–H and O–H groups in total. The summed E-state index contributed by atoms with van der Waals surface area (Å²) in [6.45, 7) is 4.70. The van der Waals surface area contributed by atoms with Crippen LogP contribution in [0.3, 0.4) is 0 Å². The summed E-state index contributed by atoms with van der Waals surface area (Å²) in [6, 6.07) is 12.2. The first-order valence-electron chi connectivity index (χ1n) is 7.29. The van der Waals surface area contributed by atoms with Crippen molar-refractivity contribution in [1.82, 2.24) is 9.88 Å². The highest BCUT2D eigenvalue weighted by Gasteiger charge is 2.08. The Morgan fingerprint density at radius 1 is 0.905 bits per heavy atom. The molecule has 4 heteroatoms. The number of nitrogens with zero attached hydrogens (tertiary/aromatic N) is 1. The number of hydrogen-bond donors (Lipinski definition) is 1. The minimum absolute atomic E-state index is 0.745. The van der Waals surface area contributed by atoms with E-state index in [1.807, 2.05) is 24.3 Å². The predicted octanol–water partition coefficient (Wildman–Crippen LogP) is 3.57. The van der Waals surface area contributed by atoms with Crippen molar-refractivity contribution in [2.24, 2.45) is 0 Å². The van der Waals surface area contributed by atoms with E-state index < -0.39 is 0 Å². The van der Waals surface area contributed by atoms with E-state index in [1.54, 1.807) is 12.5 Å². The number of hydrogen-bond acceptors (Lipinski definition) is 3. The summed E-state index contributed by atoms with van der Waals surface area (Å²) in [5.74, 6) is 1.96. The average Bonchev–Trinajstić information content (AvgIpc) is 3.22. The van der Waals surface area contributed by atoms with Crippen LogP contribution in [0.4, 0.5) is 0 Å². The molecule has 0 bridgehead atoms. The Hall–Kier alpha value is -2.20. The molecule has 0 aromatic carbocycles. The van der Waals surface area contributed by atoms with Gasteiger partial charge in [-0.05, 0) is 43.3 Å². The van der Waals surface area contributed by atoms with E-state index in [0.29, 0.717) is 0 Å². The van der Waals surface area contributed by atoms with E-state index >= 15 is 0 Å². The number of rotatable bonds is 7. The van der Waals surface area contributed by atoms with Gasteiger partial charge < -0.3 is 18.7 Å². The molecule has 0 unspecified atom stereocenters. The summed E-state index contributed by atoms with van der Waals surface area (Å²) in [5.41, 5.74) is 2.56. The van der Waals surface area contributed by atoms with Gasteiger partial charge in [-0.1, -0.05) is 0 Å². The van der Waals surface area contributed by atoms with Gasteiger partial charge in [0.1, 0.15) is 11.5 Å². The SMILES string of the molecule is CCn1c(CNCc2ccco2)ccc1Cc1ccco1. The number of nitrogens with one attached hydrogen (secondary N) is 1. The molecule has 0 fully saturated rings. The third-order valence-electron chi connectivity index (χ3n) is 3.60. The fraction of sp³-hybridized carbons (Fsp3) is 0.294. The lowest BCUT2D eigenvalue weighted by Gasteiger charge is -2.11. The summed E-state index contributed by atoms with van der Waals surface area (Å²) in [6.07, 6.45) is 4.26. The minimum Gasteiger partial charge on any atom is -0.469 e. The molecule has 0 aliphatic heterocycles. The van der Waals surface area contributed by atoms with E-state index in [0.717, 1.165) is 37.6 Å². The van der Waals surface area contributed by atoms with E-state index in [-0.39, 0.29) is 0 Å². The maximum absolute atomic E-state index is 5.43. The first kappa shape index (κ1) is 13.8. The van der Waals surface area contributed by atoms with Crippen LogP contribution in [0.1, 0.15) is 29.8 Å². The Labute approximate surface area is 124 Å². The fourth-order valence-electron chi connectivity index (χ4n) is 2.59. The molecule has 0 amide bonds. The lowest BCUT2D eigenvalue weighted by Crippen LogP contribution is -2.16. The summed E-state index contributed by atoms with van der Waals surface area (Å²) in [4.78, 5) is 0. The van der Waals surface area contributed by atoms with Gasteiger partial charge in [-0.25, -0.2) is 0 Å². The molecule has 0 radical (unpaired) electrons. The lowest BCUT2D eigenvalue weighted by atomic mass is 10.2. The summed E-state index contributed by atoms with van der Waals surface area (Å²) in [7, 11) is 0. The highest BCUT2D eigenvalue weighted by Crippen LogP contribution is 2.15. The Kier molecular flexibility index (Phi) is 4.26. The second-order valence-electron chi connectivity index (χ2n) is 5.00. The molecule has 0 aliphatic carbocycles. The zero-order valence-corrected chi connectivity index (χ0v) is 12.2. The van der Waals surface area contributed by atoms with Crippen molar-refractivity contribution in [3.8, 4) is 0 Å². The quantitative estimate of drug-likeness (QED) is 0.721. The van der Waals surface area contributed by atoms with Gasteiger partial charge in [-0.3, -0.25) is 0 Å². The molecule has 110 valence electrons. The average molecular weight is 284 g/mol. The van der Waals surface area contributed by atoms with Crippen LogP contribution >= 0.6 is 0 Å². The lowest BCUT2D eigenvalue weighted by molar-refractivity contribution is 0.478. The van der Waals surface area contributed by atoms with Gasteiger partial charge in [0.15, 0.2) is 0 Å². The highest BCUT2D eigenvalue weighted by molar-refractivity contribution is 5.21. The van der Waals surface area contributed by atoms with Gasteiger partial charge >= 0.3 is 0 Å². The van der Waals surface area contributed by atoms with Gasteiger partial charge in [0.2, 0.25) is 0 Å². The van der Waals surface area contributed by atoms with Crippen molar-refractivity contribution in [3.05, 3.63) is 71.8 Å². The molecular weight excluding hydrogens is 264 g/mol. The highest BCUT2D eigenvalue weighted by atomic mass is 16.3. The van der Waals surface area contributed by atoms with Crippen LogP contribution in [-0.4, -0.2) is 4.57 Å². The zero-order chi connectivity index (χ0) is 14.5. The molecule has 0 saturated carbocycles. The first-order valence-corrected chi connectivity index (χ1v) is 7.29. The normalized spacial score (nSPS) is 11.1. The van der Waals surface area contributed by atoms with Gasteiger partial charge in [-0.15, -0.1) is 0 Å². The third kappa shape index (κ3) is 3.28. The Morgan fingerprint density at radius 2 is 1.62 bits per heavy atom. The monoisotopic (exact) mass is 284 g/mol. The Bertz CT molecular complexity index is 651. The van der Waals surface area contributed by atoms with Crippen molar-refractivity contribution >= 4 is 0 Å². The summed E-state index contributed by atoms with van der Waals surface area (Å²) >= 11 is 0. The van der Waals surface area contributed by atoms with Crippen LogP contribution in [-0.2, 0) is 26.1 Å². The zero-order valence-electron chi connectivity index (χ0n) is 12.2. The van der Waals surface area contributed by atoms with Crippen LogP contribution in [0.5, 0.6) is 0 Å². The van der Waals surface area contributed by atoms with Gasteiger partial charge in [0, 0.05) is 30.9 Å². The van der Waals surface area contributed by atoms with E-state index in [1.165, 1.54) is 11.4 Å². The molecule has 0 saturated heterocycles. The van der Waals surface area contributed by atoms with Gasteiger partial charge in [0.25, 0.3) is 0 Å². The molecule has 3 heterocycles. The summed E-state index contributed by atoms with van der Waals surface area (Å²) in [5, 5.41) is 3.41. The van der Waals surface area contributed by atoms with Crippen LogP contribution < -0.4 is 5.32 Å². The van der Waals surface area contributed by atoms with E-state index in [2.05, 4.69) is 28.9 Å². The minimum atomic E-state index is 0.745. The van der Waals surface area contributed by atoms with Crippen molar-refractivity contribution in [2.75, 3.05) is 0 Å². The summed E-state index contributed by atoms with van der Waals surface area (Å²) < 4.78 is 13.1. The Morgan fingerprint density at radius 3 is 2.29 bits per heavy atom. The van der Waals surface area contributed by atoms with Crippen molar-refractivity contribution in [2.45, 2.75) is 33.0 Å². The fourth-order valence-corrected chi connectivity index (χ4v) is 2.59. The van der Waals surface area contributed by atoms with Crippen molar-refractivity contribution in [3.63, 3.8) is 0 Å². The largest absolute Gasteiger partial charge is 0.469 e. The van der Waals surface area contributed by atoms with Gasteiger partial charge in [0.05, 0.1) is 19.1 Å². The van der Waals surface area contributed by atoms with E-state index in [9.17, 15) is 0 Å². The molecular formula is C17H20N2O2. The van der Waals surface area contributed by atoms with Gasteiger partial charge in [-0.2, -0.15) is 0 Å². The second-order valence-corrected chi connectivity index (χ2v) is 5.00. The standard InChI is InChI=1S/C17H20N2O2/c1-2-19-14(11-16-5-3-9-20-16)7-8-15(19)12-18-13-17-6-4-10-21-17/h3-10,18H,2,11-13H2,1H3. The van der Waals surface area contributed by atoms with Crippen molar-refractivity contribution < 1.29 is 8.83 Å². The smallest absolute Gasteiger partial charge is 0.117 e.